The number of anilines is 1. The topological polar surface area (TPSA) is 113 Å². The van der Waals surface area contributed by atoms with E-state index in [1.54, 1.807) is 6.20 Å². The van der Waals surface area contributed by atoms with Crippen LogP contribution in [0.15, 0.2) is 18.3 Å². The van der Waals surface area contributed by atoms with Gasteiger partial charge in [-0.2, -0.15) is 0 Å². The van der Waals surface area contributed by atoms with E-state index in [9.17, 15) is 4.79 Å². The van der Waals surface area contributed by atoms with Gasteiger partial charge in [-0.25, -0.2) is 9.97 Å². The van der Waals surface area contributed by atoms with E-state index >= 15 is 0 Å². The van der Waals surface area contributed by atoms with Crippen molar-refractivity contribution in [3.05, 3.63) is 24.2 Å². The molecule has 0 saturated heterocycles. The fourth-order valence-electron chi connectivity index (χ4n) is 4.71. The van der Waals surface area contributed by atoms with Crippen molar-refractivity contribution in [1.82, 2.24) is 19.5 Å². The zero-order chi connectivity index (χ0) is 20.4. The van der Waals surface area contributed by atoms with Crippen LogP contribution in [0.1, 0.15) is 64.1 Å². The first-order chi connectivity index (χ1) is 14.1. The zero-order valence-corrected chi connectivity index (χ0v) is 17.2. The molecule has 7 nitrogen and oxygen atoms in total. The van der Waals surface area contributed by atoms with E-state index in [0.29, 0.717) is 17.9 Å². The molecule has 0 radical (unpaired) electrons. The van der Waals surface area contributed by atoms with Gasteiger partial charge in [0.25, 0.3) is 0 Å². The van der Waals surface area contributed by atoms with Gasteiger partial charge in [-0.15, -0.1) is 0 Å². The Morgan fingerprint density at radius 3 is 2.72 bits per heavy atom. The largest absolute Gasteiger partial charge is 0.382 e. The maximum Gasteiger partial charge on any atom is 0.223 e. The fraction of sp³-hybridized carbons (Fsp3) is 0.545. The normalized spacial score (nSPS) is 16.4. The molecule has 3 aromatic heterocycles. The highest BCUT2D eigenvalue weighted by molar-refractivity contribution is 6.04. The van der Waals surface area contributed by atoms with Gasteiger partial charge in [0, 0.05) is 19.2 Å². The third kappa shape index (κ3) is 3.54. The zero-order valence-electron chi connectivity index (χ0n) is 17.2. The van der Waals surface area contributed by atoms with Gasteiger partial charge >= 0.3 is 0 Å². The van der Waals surface area contributed by atoms with Crippen LogP contribution in [-0.2, 0) is 17.8 Å². The first-order valence-electron chi connectivity index (χ1n) is 10.7. The molecule has 3 aromatic rings. The third-order valence-electron chi connectivity index (χ3n) is 6.44. The van der Waals surface area contributed by atoms with Crippen molar-refractivity contribution in [2.24, 2.45) is 11.1 Å². The van der Waals surface area contributed by atoms with Crippen molar-refractivity contribution in [1.29, 1.82) is 0 Å². The summed E-state index contributed by atoms with van der Waals surface area (Å²) in [4.78, 5) is 26.3. The number of pyridine rings is 2. The number of aryl methyl sites for hydroxylation is 2. The average Bonchev–Trinajstić information content (AvgIpc) is 3.11. The number of hydrogen-bond donors (Lipinski definition) is 2. The Morgan fingerprint density at radius 2 is 2.00 bits per heavy atom. The van der Waals surface area contributed by atoms with Gasteiger partial charge in [-0.05, 0) is 37.8 Å². The van der Waals surface area contributed by atoms with E-state index < -0.39 is 5.41 Å². The highest BCUT2D eigenvalue weighted by Crippen LogP contribution is 2.40. The van der Waals surface area contributed by atoms with Crippen LogP contribution >= 0.6 is 0 Å². The Kier molecular flexibility index (Phi) is 5.39. The molecule has 29 heavy (non-hydrogen) atoms. The fourth-order valence-corrected chi connectivity index (χ4v) is 4.71. The summed E-state index contributed by atoms with van der Waals surface area (Å²) in [5.41, 5.74) is 14.9. The summed E-state index contributed by atoms with van der Waals surface area (Å²) in [5.74, 6) is 1.25. The van der Waals surface area contributed by atoms with Crippen LogP contribution in [0.2, 0.25) is 0 Å². The van der Waals surface area contributed by atoms with Crippen molar-refractivity contribution >= 4 is 33.8 Å². The molecule has 1 aliphatic rings. The van der Waals surface area contributed by atoms with Gasteiger partial charge in [0.1, 0.15) is 22.4 Å². The summed E-state index contributed by atoms with van der Waals surface area (Å²) >= 11 is 0. The Hall–Kier alpha value is -2.70. The predicted molar refractivity (Wildman–Crippen MR) is 115 cm³/mol. The van der Waals surface area contributed by atoms with E-state index in [1.807, 2.05) is 12.1 Å². The molecule has 7 heteroatoms. The predicted octanol–water partition coefficient (Wildman–Crippen LogP) is 3.73. The Bertz CT molecular complexity index is 1030. The first-order valence-corrected chi connectivity index (χ1v) is 10.7. The number of nitrogen functional groups attached to an aromatic ring is 1. The highest BCUT2D eigenvalue weighted by atomic mass is 16.1. The van der Waals surface area contributed by atoms with Crippen LogP contribution in [-0.4, -0.2) is 25.4 Å². The number of nitrogens with two attached hydrogens (primary N) is 2. The molecule has 1 saturated carbocycles. The number of rotatable bonds is 7. The molecule has 1 amide bonds. The summed E-state index contributed by atoms with van der Waals surface area (Å²) in [5, 5.41) is 0. The minimum atomic E-state index is -0.418. The second kappa shape index (κ2) is 7.97. The molecule has 154 valence electrons. The van der Waals surface area contributed by atoms with Gasteiger partial charge in [-0.3, -0.25) is 9.78 Å². The number of carbonyl (C=O) groups is 1. The number of hydrogen-bond acceptors (Lipinski definition) is 5. The van der Waals surface area contributed by atoms with Crippen molar-refractivity contribution < 1.29 is 4.79 Å². The van der Waals surface area contributed by atoms with Crippen molar-refractivity contribution in [2.45, 2.75) is 71.3 Å². The van der Waals surface area contributed by atoms with Gasteiger partial charge in [0.2, 0.25) is 5.91 Å². The molecule has 4 rings (SSSR count). The Balaban J connectivity index is 1.81. The van der Waals surface area contributed by atoms with Gasteiger partial charge in [-0.1, -0.05) is 32.6 Å². The van der Waals surface area contributed by atoms with Crippen LogP contribution in [0.3, 0.4) is 0 Å². The molecule has 4 N–H and O–H groups in total. The Morgan fingerprint density at radius 1 is 1.21 bits per heavy atom. The Labute approximate surface area is 170 Å². The highest BCUT2D eigenvalue weighted by Gasteiger charge is 2.37. The van der Waals surface area contributed by atoms with Crippen LogP contribution in [0, 0.1) is 5.41 Å². The standard InChI is InChI=1S/C22H30N6O/c1-2-3-9-16-27-18-19(17-15(26-20(18)23)8-7-13-25-17)28(16)14-12-22(21(24)29)10-5-4-6-11-22/h7-8,13H,2-6,9-12,14H2,1H3,(H2,23,26)(H2,24,29). The van der Waals surface area contributed by atoms with Crippen LogP contribution < -0.4 is 11.5 Å². The van der Waals surface area contributed by atoms with E-state index in [0.717, 1.165) is 73.7 Å². The lowest BCUT2D eigenvalue weighted by atomic mass is 9.71. The van der Waals surface area contributed by atoms with Crippen LogP contribution in [0.25, 0.3) is 22.1 Å². The molecule has 0 atom stereocenters. The summed E-state index contributed by atoms with van der Waals surface area (Å²) in [6, 6.07) is 3.79. The molecular formula is C22H30N6O. The summed E-state index contributed by atoms with van der Waals surface area (Å²) in [7, 11) is 0. The quantitative estimate of drug-likeness (QED) is 0.634. The minimum absolute atomic E-state index is 0.166. The van der Waals surface area contributed by atoms with Crippen molar-refractivity contribution in [3.63, 3.8) is 0 Å². The molecule has 0 unspecified atom stereocenters. The lowest BCUT2D eigenvalue weighted by molar-refractivity contribution is -0.130. The second-order valence-corrected chi connectivity index (χ2v) is 8.30. The second-order valence-electron chi connectivity index (χ2n) is 8.30. The summed E-state index contributed by atoms with van der Waals surface area (Å²) in [6.45, 7) is 2.86. The van der Waals surface area contributed by atoms with E-state index in [-0.39, 0.29) is 5.91 Å². The van der Waals surface area contributed by atoms with E-state index in [1.165, 1.54) is 6.42 Å². The minimum Gasteiger partial charge on any atom is -0.382 e. The van der Waals surface area contributed by atoms with Crippen LogP contribution in [0.5, 0.6) is 0 Å². The molecule has 0 aromatic carbocycles. The van der Waals surface area contributed by atoms with Crippen molar-refractivity contribution in [3.8, 4) is 0 Å². The van der Waals surface area contributed by atoms with Gasteiger partial charge in [0.15, 0.2) is 5.82 Å². The number of primary amides is 1. The number of amides is 1. The first kappa shape index (κ1) is 19.6. The molecule has 1 fully saturated rings. The number of aromatic nitrogens is 4. The number of imidazole rings is 1. The molecule has 0 spiro atoms. The lowest BCUT2D eigenvalue weighted by Gasteiger charge is -2.34. The lowest BCUT2D eigenvalue weighted by Crippen LogP contribution is -2.39. The summed E-state index contributed by atoms with van der Waals surface area (Å²) < 4.78 is 2.22. The molecular weight excluding hydrogens is 364 g/mol. The molecule has 3 heterocycles. The van der Waals surface area contributed by atoms with E-state index in [2.05, 4.69) is 21.5 Å². The SMILES string of the molecule is CCCCc1nc2c(N)nc3cccnc3c2n1CCC1(C(N)=O)CCCCC1. The molecule has 1 aliphatic carbocycles. The molecule has 0 bridgehead atoms. The number of nitrogens with zero attached hydrogens (tertiary/aromatic N) is 4. The number of fused-ring (bicyclic) bond motifs is 3. The maximum atomic E-state index is 12.4. The van der Waals surface area contributed by atoms with Gasteiger partial charge in [0.05, 0.1) is 10.9 Å². The maximum absolute atomic E-state index is 12.4. The van der Waals surface area contributed by atoms with Crippen LogP contribution in [0.4, 0.5) is 5.82 Å². The smallest absolute Gasteiger partial charge is 0.223 e. The summed E-state index contributed by atoms with van der Waals surface area (Å²) in [6.07, 6.45) is 10.6. The number of carbonyl (C=O) groups excluding carboxylic acids is 1. The number of unbranched alkanes of at least 4 members (excludes halogenated alkanes) is 1. The third-order valence-corrected chi connectivity index (χ3v) is 6.44. The average molecular weight is 395 g/mol. The van der Waals surface area contributed by atoms with Crippen molar-refractivity contribution in [2.75, 3.05) is 5.73 Å². The molecule has 0 aliphatic heterocycles. The van der Waals surface area contributed by atoms with Gasteiger partial charge < -0.3 is 16.0 Å². The monoisotopic (exact) mass is 394 g/mol. The van der Waals surface area contributed by atoms with E-state index in [4.69, 9.17) is 16.5 Å².